The Morgan fingerprint density at radius 3 is 2.65 bits per heavy atom. The highest BCUT2D eigenvalue weighted by Gasteiger charge is 2.15. The average molecular weight is 232 g/mol. The minimum absolute atomic E-state index is 0.232. The second-order valence-electron chi connectivity index (χ2n) is 4.72. The molecule has 0 atom stereocenters. The molecule has 1 aliphatic rings. The van der Waals surface area contributed by atoms with E-state index in [1.807, 2.05) is 30.3 Å². The van der Waals surface area contributed by atoms with Crippen LogP contribution in [-0.4, -0.2) is 55.4 Å². The summed E-state index contributed by atoms with van der Waals surface area (Å²) >= 11 is 0. The van der Waals surface area contributed by atoms with Crippen molar-refractivity contribution in [2.45, 2.75) is 6.42 Å². The van der Waals surface area contributed by atoms with Gasteiger partial charge in [-0.3, -0.25) is 9.69 Å². The van der Waals surface area contributed by atoms with E-state index in [2.05, 4.69) is 16.8 Å². The van der Waals surface area contributed by atoms with Crippen LogP contribution in [0.3, 0.4) is 0 Å². The fraction of sp³-hybridized carbons (Fsp3) is 0.500. The van der Waals surface area contributed by atoms with Gasteiger partial charge >= 0.3 is 0 Å². The van der Waals surface area contributed by atoms with E-state index in [1.54, 1.807) is 0 Å². The first-order valence-corrected chi connectivity index (χ1v) is 6.25. The third-order valence-electron chi connectivity index (χ3n) is 3.28. The number of hydrogen-bond donors (Lipinski definition) is 0. The molecular weight excluding hydrogens is 212 g/mol. The largest absolute Gasteiger partial charge is 0.305 e. The minimum atomic E-state index is 0.232. The van der Waals surface area contributed by atoms with Crippen LogP contribution in [0.15, 0.2) is 30.3 Å². The highest BCUT2D eigenvalue weighted by atomic mass is 16.1. The number of hydrogen-bond acceptors (Lipinski definition) is 3. The molecule has 0 bridgehead atoms. The molecule has 1 saturated heterocycles. The van der Waals surface area contributed by atoms with Crippen molar-refractivity contribution >= 4 is 5.78 Å². The quantitative estimate of drug-likeness (QED) is 0.738. The lowest BCUT2D eigenvalue weighted by Crippen LogP contribution is -2.33. The van der Waals surface area contributed by atoms with Crippen molar-refractivity contribution in [2.24, 2.45) is 0 Å². The molecule has 1 fully saturated rings. The minimum Gasteiger partial charge on any atom is -0.305 e. The van der Waals surface area contributed by atoms with Gasteiger partial charge in [0.15, 0.2) is 5.78 Å². The summed E-state index contributed by atoms with van der Waals surface area (Å²) in [6.45, 7) is 4.77. The lowest BCUT2D eigenvalue weighted by Gasteiger charge is -2.19. The number of rotatable bonds is 3. The summed E-state index contributed by atoms with van der Waals surface area (Å²) in [6, 6.07) is 9.57. The third kappa shape index (κ3) is 3.65. The number of carbonyl (C=O) groups excluding carboxylic acids is 1. The Morgan fingerprint density at radius 1 is 1.12 bits per heavy atom. The SMILES string of the molecule is CN1CCCN(CC(=O)c2ccccc2)CC1. The normalized spacial score (nSPS) is 18.9. The van der Waals surface area contributed by atoms with E-state index in [0.29, 0.717) is 6.54 Å². The van der Waals surface area contributed by atoms with Crippen molar-refractivity contribution in [1.82, 2.24) is 9.80 Å². The van der Waals surface area contributed by atoms with Crippen LogP contribution in [-0.2, 0) is 0 Å². The van der Waals surface area contributed by atoms with Gasteiger partial charge in [-0.2, -0.15) is 0 Å². The number of likely N-dealkylation sites (N-methyl/N-ethyl adjacent to an activating group) is 1. The Bertz CT molecular complexity index is 364. The van der Waals surface area contributed by atoms with Crippen LogP contribution in [0.1, 0.15) is 16.8 Å². The van der Waals surface area contributed by atoms with E-state index in [4.69, 9.17) is 0 Å². The van der Waals surface area contributed by atoms with Gasteiger partial charge in [0.05, 0.1) is 6.54 Å². The van der Waals surface area contributed by atoms with Crippen LogP contribution < -0.4 is 0 Å². The Kier molecular flexibility index (Phi) is 4.29. The molecule has 2 rings (SSSR count). The molecule has 1 heterocycles. The maximum Gasteiger partial charge on any atom is 0.176 e. The van der Waals surface area contributed by atoms with Crippen LogP contribution in [0.5, 0.6) is 0 Å². The number of Topliss-reactive ketones (excluding diaryl/α,β-unsaturated/α-hetero) is 1. The second kappa shape index (κ2) is 5.94. The lowest BCUT2D eigenvalue weighted by atomic mass is 10.1. The fourth-order valence-corrected chi connectivity index (χ4v) is 2.18. The highest BCUT2D eigenvalue weighted by Crippen LogP contribution is 2.05. The van der Waals surface area contributed by atoms with E-state index in [-0.39, 0.29) is 5.78 Å². The highest BCUT2D eigenvalue weighted by molar-refractivity contribution is 5.97. The standard InChI is InChI=1S/C14H20N2O/c1-15-8-5-9-16(11-10-15)12-14(17)13-6-3-2-4-7-13/h2-4,6-7H,5,8-12H2,1H3. The van der Waals surface area contributed by atoms with E-state index in [0.717, 1.165) is 38.2 Å². The topological polar surface area (TPSA) is 23.6 Å². The molecule has 0 aromatic heterocycles. The smallest absolute Gasteiger partial charge is 0.176 e. The van der Waals surface area contributed by atoms with Gasteiger partial charge in [0.25, 0.3) is 0 Å². The van der Waals surface area contributed by atoms with Crippen LogP contribution in [0, 0.1) is 0 Å². The molecule has 0 aliphatic carbocycles. The summed E-state index contributed by atoms with van der Waals surface area (Å²) in [7, 11) is 2.14. The van der Waals surface area contributed by atoms with E-state index >= 15 is 0 Å². The van der Waals surface area contributed by atoms with Crippen LogP contribution in [0.25, 0.3) is 0 Å². The van der Waals surface area contributed by atoms with Gasteiger partial charge in [0.1, 0.15) is 0 Å². The molecule has 0 saturated carbocycles. The summed E-state index contributed by atoms with van der Waals surface area (Å²) in [5.41, 5.74) is 0.824. The molecule has 92 valence electrons. The summed E-state index contributed by atoms with van der Waals surface area (Å²) in [6.07, 6.45) is 1.15. The summed E-state index contributed by atoms with van der Waals surface area (Å²) in [5.74, 6) is 0.232. The molecule has 3 heteroatoms. The van der Waals surface area contributed by atoms with E-state index in [9.17, 15) is 4.79 Å². The van der Waals surface area contributed by atoms with Crippen molar-refractivity contribution in [1.29, 1.82) is 0 Å². The summed E-state index contributed by atoms with van der Waals surface area (Å²) < 4.78 is 0. The molecule has 0 N–H and O–H groups in total. The number of ketones is 1. The Balaban J connectivity index is 1.90. The van der Waals surface area contributed by atoms with Crippen molar-refractivity contribution in [3.63, 3.8) is 0 Å². The molecule has 0 radical (unpaired) electrons. The first kappa shape index (κ1) is 12.3. The van der Waals surface area contributed by atoms with Gasteiger partial charge in [0, 0.05) is 18.7 Å². The molecule has 0 amide bonds. The second-order valence-corrected chi connectivity index (χ2v) is 4.72. The van der Waals surface area contributed by atoms with Crippen LogP contribution >= 0.6 is 0 Å². The zero-order valence-corrected chi connectivity index (χ0v) is 10.4. The zero-order valence-electron chi connectivity index (χ0n) is 10.4. The Morgan fingerprint density at radius 2 is 1.88 bits per heavy atom. The van der Waals surface area contributed by atoms with Crippen LogP contribution in [0.4, 0.5) is 0 Å². The van der Waals surface area contributed by atoms with Gasteiger partial charge in [-0.25, -0.2) is 0 Å². The third-order valence-corrected chi connectivity index (χ3v) is 3.28. The van der Waals surface area contributed by atoms with Gasteiger partial charge in [-0.1, -0.05) is 30.3 Å². The maximum atomic E-state index is 12.1. The first-order valence-electron chi connectivity index (χ1n) is 6.25. The fourth-order valence-electron chi connectivity index (χ4n) is 2.18. The first-order chi connectivity index (χ1) is 8.25. The molecule has 1 aromatic carbocycles. The van der Waals surface area contributed by atoms with Crippen molar-refractivity contribution < 1.29 is 4.79 Å². The summed E-state index contributed by atoms with van der Waals surface area (Å²) in [4.78, 5) is 16.6. The van der Waals surface area contributed by atoms with Crippen molar-refractivity contribution in [2.75, 3.05) is 39.8 Å². The molecular formula is C14H20N2O. The van der Waals surface area contributed by atoms with Crippen molar-refractivity contribution in [3.8, 4) is 0 Å². The monoisotopic (exact) mass is 232 g/mol. The molecule has 0 spiro atoms. The van der Waals surface area contributed by atoms with E-state index in [1.165, 1.54) is 0 Å². The number of carbonyl (C=O) groups is 1. The Labute approximate surface area is 103 Å². The van der Waals surface area contributed by atoms with Gasteiger partial charge in [-0.05, 0) is 26.6 Å². The van der Waals surface area contributed by atoms with Crippen molar-refractivity contribution in [3.05, 3.63) is 35.9 Å². The molecule has 17 heavy (non-hydrogen) atoms. The predicted molar refractivity (Wildman–Crippen MR) is 69.3 cm³/mol. The van der Waals surface area contributed by atoms with Crippen LogP contribution in [0.2, 0.25) is 0 Å². The molecule has 1 aliphatic heterocycles. The molecule has 3 nitrogen and oxygen atoms in total. The molecule has 0 unspecified atom stereocenters. The lowest BCUT2D eigenvalue weighted by molar-refractivity contribution is 0.0933. The van der Waals surface area contributed by atoms with Gasteiger partial charge in [-0.15, -0.1) is 0 Å². The molecule has 1 aromatic rings. The van der Waals surface area contributed by atoms with E-state index < -0.39 is 0 Å². The van der Waals surface area contributed by atoms with Gasteiger partial charge < -0.3 is 4.90 Å². The number of nitrogens with zero attached hydrogens (tertiary/aromatic N) is 2. The number of benzene rings is 1. The average Bonchev–Trinajstić information content (AvgIpc) is 2.56. The van der Waals surface area contributed by atoms with Gasteiger partial charge in [0.2, 0.25) is 0 Å². The maximum absolute atomic E-state index is 12.1. The predicted octanol–water partition coefficient (Wildman–Crippen LogP) is 1.51. The Hall–Kier alpha value is -1.19. The summed E-state index contributed by atoms with van der Waals surface area (Å²) in [5, 5.41) is 0. The zero-order chi connectivity index (χ0) is 12.1.